The van der Waals surface area contributed by atoms with E-state index in [1.54, 1.807) is 0 Å². The first-order valence-corrected chi connectivity index (χ1v) is 8.82. The van der Waals surface area contributed by atoms with Crippen molar-refractivity contribution in [3.05, 3.63) is 23.3 Å². The summed E-state index contributed by atoms with van der Waals surface area (Å²) in [5, 5.41) is 0. The molecule has 1 unspecified atom stereocenters. The monoisotopic (exact) mass is 304 g/mol. The summed E-state index contributed by atoms with van der Waals surface area (Å²) in [6.07, 6.45) is 14.8. The first kappa shape index (κ1) is 18.9. The highest BCUT2D eigenvalue weighted by atomic mass is 16.1. The molecule has 2 fully saturated rings. The van der Waals surface area contributed by atoms with E-state index >= 15 is 0 Å². The Bertz CT molecular complexity index is 417. The van der Waals surface area contributed by atoms with Crippen LogP contribution in [0.15, 0.2) is 23.3 Å². The molecule has 2 rings (SSSR count). The summed E-state index contributed by atoms with van der Waals surface area (Å²) in [4.78, 5) is 21.7. The Balaban J connectivity index is 0.000000335. The molecule has 2 heteroatoms. The molecule has 2 saturated carbocycles. The van der Waals surface area contributed by atoms with Gasteiger partial charge in [-0.15, -0.1) is 0 Å². The number of carbonyl (C=O) groups is 2. The van der Waals surface area contributed by atoms with E-state index in [1.165, 1.54) is 11.1 Å². The number of hydrogen-bond donors (Lipinski definition) is 0. The van der Waals surface area contributed by atoms with Crippen molar-refractivity contribution in [1.82, 2.24) is 0 Å². The molecule has 124 valence electrons. The predicted molar refractivity (Wildman–Crippen MR) is 92.9 cm³/mol. The van der Waals surface area contributed by atoms with Gasteiger partial charge in [-0.25, -0.2) is 0 Å². The molecule has 2 nitrogen and oxygen atoms in total. The van der Waals surface area contributed by atoms with Crippen LogP contribution in [0, 0.1) is 5.92 Å². The molecule has 2 aliphatic carbocycles. The highest BCUT2D eigenvalue weighted by Crippen LogP contribution is 2.25. The van der Waals surface area contributed by atoms with Gasteiger partial charge in [0.25, 0.3) is 0 Å². The maximum absolute atomic E-state index is 11.5. The maximum Gasteiger partial charge on any atom is 0.136 e. The van der Waals surface area contributed by atoms with Gasteiger partial charge in [0.05, 0.1) is 0 Å². The third-order valence-corrected chi connectivity index (χ3v) is 4.43. The van der Waals surface area contributed by atoms with Crippen molar-refractivity contribution in [2.45, 2.75) is 85.0 Å². The van der Waals surface area contributed by atoms with Crippen LogP contribution in [0.4, 0.5) is 0 Å². The molecular formula is C20H32O2. The van der Waals surface area contributed by atoms with Gasteiger partial charge < -0.3 is 0 Å². The Hall–Kier alpha value is -1.18. The van der Waals surface area contributed by atoms with Crippen molar-refractivity contribution in [2.75, 3.05) is 0 Å². The van der Waals surface area contributed by atoms with Gasteiger partial charge in [-0.05, 0) is 65.7 Å². The fraction of sp³-hybridized carbons (Fsp3) is 0.700. The van der Waals surface area contributed by atoms with E-state index in [9.17, 15) is 9.59 Å². The maximum atomic E-state index is 11.5. The van der Waals surface area contributed by atoms with Crippen molar-refractivity contribution < 1.29 is 9.59 Å². The number of carbonyl (C=O) groups excluding carboxylic acids is 2. The van der Waals surface area contributed by atoms with Gasteiger partial charge in [0.15, 0.2) is 0 Å². The SMILES string of the molecule is CC(C)=CCC/C(C)=C/CC1CCCC1=O.O=C1CCCC1. The zero-order chi connectivity index (χ0) is 16.4. The molecule has 0 aromatic heterocycles. The van der Waals surface area contributed by atoms with Crippen LogP contribution in [-0.4, -0.2) is 11.6 Å². The summed E-state index contributed by atoms with van der Waals surface area (Å²) in [6.45, 7) is 6.45. The third kappa shape index (κ3) is 8.31. The molecule has 0 heterocycles. The van der Waals surface area contributed by atoms with Gasteiger partial charge in [0.2, 0.25) is 0 Å². The number of allylic oxidation sites excluding steroid dienone is 4. The summed E-state index contributed by atoms with van der Waals surface area (Å²) in [5.74, 6) is 1.27. The molecule has 0 aromatic rings. The van der Waals surface area contributed by atoms with E-state index in [1.807, 2.05) is 0 Å². The van der Waals surface area contributed by atoms with E-state index in [0.29, 0.717) is 17.5 Å². The summed E-state index contributed by atoms with van der Waals surface area (Å²) in [5.41, 5.74) is 2.82. The first-order chi connectivity index (χ1) is 10.5. The molecule has 0 saturated heterocycles. The van der Waals surface area contributed by atoms with Crippen molar-refractivity contribution in [2.24, 2.45) is 5.92 Å². The minimum Gasteiger partial charge on any atom is -0.300 e. The molecule has 0 amide bonds. The molecule has 22 heavy (non-hydrogen) atoms. The van der Waals surface area contributed by atoms with E-state index in [-0.39, 0.29) is 0 Å². The highest BCUT2D eigenvalue weighted by molar-refractivity contribution is 5.83. The van der Waals surface area contributed by atoms with Gasteiger partial charge in [0.1, 0.15) is 11.6 Å². The van der Waals surface area contributed by atoms with Crippen molar-refractivity contribution >= 4 is 11.6 Å². The second kappa shape index (κ2) is 10.5. The fourth-order valence-corrected chi connectivity index (χ4v) is 2.94. The van der Waals surface area contributed by atoms with Gasteiger partial charge >= 0.3 is 0 Å². The smallest absolute Gasteiger partial charge is 0.136 e. The average molecular weight is 304 g/mol. The number of rotatable bonds is 5. The topological polar surface area (TPSA) is 34.1 Å². The molecule has 1 atom stereocenters. The summed E-state index contributed by atoms with van der Waals surface area (Å²) in [7, 11) is 0. The summed E-state index contributed by atoms with van der Waals surface area (Å²) >= 11 is 0. The van der Waals surface area contributed by atoms with Gasteiger partial charge in [-0.3, -0.25) is 9.59 Å². The average Bonchev–Trinajstić information content (AvgIpc) is 3.08. The van der Waals surface area contributed by atoms with Crippen molar-refractivity contribution in [3.8, 4) is 0 Å². The lowest BCUT2D eigenvalue weighted by atomic mass is 10.00. The first-order valence-electron chi connectivity index (χ1n) is 8.82. The Labute approximate surface area is 136 Å². The predicted octanol–water partition coefficient (Wildman–Crippen LogP) is 5.57. The minimum atomic E-state index is 0.332. The molecule has 2 aliphatic rings. The third-order valence-electron chi connectivity index (χ3n) is 4.43. The number of ketones is 2. The van der Waals surface area contributed by atoms with E-state index in [4.69, 9.17) is 0 Å². The lowest BCUT2D eigenvalue weighted by Gasteiger charge is -2.05. The molecule has 0 N–H and O–H groups in total. The molecule has 0 aromatic carbocycles. The number of Topliss-reactive ketones (excluding diaryl/α,β-unsaturated/α-hetero) is 2. The molecular weight excluding hydrogens is 272 g/mol. The van der Waals surface area contributed by atoms with Crippen LogP contribution in [0.25, 0.3) is 0 Å². The van der Waals surface area contributed by atoms with Crippen LogP contribution in [0.2, 0.25) is 0 Å². The lowest BCUT2D eigenvalue weighted by molar-refractivity contribution is -0.120. The fourth-order valence-electron chi connectivity index (χ4n) is 2.94. The zero-order valence-electron chi connectivity index (χ0n) is 14.6. The number of hydrogen-bond acceptors (Lipinski definition) is 2. The van der Waals surface area contributed by atoms with Crippen LogP contribution >= 0.6 is 0 Å². The quantitative estimate of drug-likeness (QED) is 0.622. The molecule has 0 spiro atoms. The summed E-state index contributed by atoms with van der Waals surface area (Å²) < 4.78 is 0. The van der Waals surface area contributed by atoms with Crippen molar-refractivity contribution in [3.63, 3.8) is 0 Å². The Morgan fingerprint density at radius 1 is 1.00 bits per heavy atom. The highest BCUT2D eigenvalue weighted by Gasteiger charge is 2.22. The second-order valence-electron chi connectivity index (χ2n) is 6.91. The van der Waals surface area contributed by atoms with Crippen LogP contribution in [0.5, 0.6) is 0 Å². The van der Waals surface area contributed by atoms with Crippen LogP contribution < -0.4 is 0 Å². The largest absolute Gasteiger partial charge is 0.300 e. The molecule has 0 bridgehead atoms. The van der Waals surface area contributed by atoms with Gasteiger partial charge in [-0.2, -0.15) is 0 Å². The minimum absolute atomic E-state index is 0.332. The van der Waals surface area contributed by atoms with Gasteiger partial charge in [0, 0.05) is 25.2 Å². The van der Waals surface area contributed by atoms with Crippen LogP contribution in [-0.2, 0) is 9.59 Å². The van der Waals surface area contributed by atoms with E-state index < -0.39 is 0 Å². The Morgan fingerprint density at radius 3 is 2.14 bits per heavy atom. The normalized spacial score (nSPS) is 21.6. The van der Waals surface area contributed by atoms with E-state index in [0.717, 1.165) is 64.2 Å². The Morgan fingerprint density at radius 2 is 1.68 bits per heavy atom. The molecule has 0 aliphatic heterocycles. The zero-order valence-corrected chi connectivity index (χ0v) is 14.6. The summed E-state index contributed by atoms with van der Waals surface area (Å²) in [6, 6.07) is 0. The second-order valence-corrected chi connectivity index (χ2v) is 6.91. The Kier molecular flexibility index (Phi) is 9.03. The standard InChI is InChI=1S/C15H24O.C5H8O/c1-12(2)6-4-7-13(3)10-11-14-8-5-9-15(14)16;6-5-3-1-2-4-5/h6,10,14H,4-5,7-9,11H2,1-3H3;1-4H2/b13-10+;. The molecule has 0 radical (unpaired) electrons. The van der Waals surface area contributed by atoms with Gasteiger partial charge in [-0.1, -0.05) is 23.3 Å². The van der Waals surface area contributed by atoms with E-state index in [2.05, 4.69) is 32.9 Å². The van der Waals surface area contributed by atoms with Crippen LogP contribution in [0.3, 0.4) is 0 Å². The lowest BCUT2D eigenvalue weighted by Crippen LogP contribution is -2.04. The van der Waals surface area contributed by atoms with Crippen molar-refractivity contribution in [1.29, 1.82) is 0 Å². The van der Waals surface area contributed by atoms with Crippen LogP contribution in [0.1, 0.15) is 85.0 Å².